The first-order valence-electron chi connectivity index (χ1n) is 13.2. The molecule has 0 fully saturated rings. The van der Waals surface area contributed by atoms with E-state index in [1.165, 1.54) is 18.2 Å². The predicted octanol–water partition coefficient (Wildman–Crippen LogP) is 5.46. The van der Waals surface area contributed by atoms with Gasteiger partial charge in [0.25, 0.3) is 5.91 Å². The average Bonchev–Trinajstić information content (AvgIpc) is 2.99. The van der Waals surface area contributed by atoms with Gasteiger partial charge >= 0.3 is 0 Å². The van der Waals surface area contributed by atoms with E-state index in [0.717, 1.165) is 11.1 Å². The normalized spacial score (nSPS) is 13.3. The van der Waals surface area contributed by atoms with Crippen LogP contribution < -0.4 is 19.9 Å². The second-order valence-corrected chi connectivity index (χ2v) is 9.47. The van der Waals surface area contributed by atoms with Crippen molar-refractivity contribution in [3.05, 3.63) is 155 Å². The van der Waals surface area contributed by atoms with Crippen LogP contribution in [0.5, 0.6) is 11.5 Å². The predicted molar refractivity (Wildman–Crippen MR) is 156 cm³/mol. The van der Waals surface area contributed by atoms with Crippen molar-refractivity contribution in [3.63, 3.8) is 0 Å². The molecule has 2 heterocycles. The summed E-state index contributed by atoms with van der Waals surface area (Å²) in [6.07, 6.45) is 4.82. The molecule has 4 aromatic rings. The minimum absolute atomic E-state index is 0.0608. The van der Waals surface area contributed by atoms with Gasteiger partial charge in [0, 0.05) is 24.4 Å². The molecule has 41 heavy (non-hydrogen) atoms. The molecule has 1 aromatic heterocycles. The molecular weight excluding hydrogens is 521 g/mol. The zero-order valence-corrected chi connectivity index (χ0v) is 22.5. The maximum atomic E-state index is 14.6. The number of halogens is 1. The van der Waals surface area contributed by atoms with Crippen LogP contribution in [0.15, 0.2) is 121 Å². The van der Waals surface area contributed by atoms with Crippen molar-refractivity contribution in [2.45, 2.75) is 12.6 Å². The first-order chi connectivity index (χ1) is 20.0. The van der Waals surface area contributed by atoms with E-state index in [-0.39, 0.29) is 43.8 Å². The fourth-order valence-electron chi connectivity index (χ4n) is 4.92. The van der Waals surface area contributed by atoms with Crippen LogP contribution in [-0.4, -0.2) is 35.3 Å². The number of benzene rings is 3. The Bertz CT molecular complexity index is 1620. The lowest BCUT2D eigenvalue weighted by Crippen LogP contribution is -2.55. The van der Waals surface area contributed by atoms with Crippen LogP contribution in [0.25, 0.3) is 0 Å². The van der Waals surface area contributed by atoms with E-state index in [2.05, 4.69) is 13.2 Å². The molecule has 0 N–H and O–H groups in total. The highest BCUT2D eigenvalue weighted by Crippen LogP contribution is 2.37. The SMILES string of the molecule is C=CCOc1ccccc1C(c1cccc(F)c1)N1CN(CC=C)C(=O)c2c(OCc3ccccc3)c(=O)ccn21. The lowest BCUT2D eigenvalue weighted by Gasteiger charge is -2.44. The van der Waals surface area contributed by atoms with Crippen LogP contribution >= 0.6 is 0 Å². The van der Waals surface area contributed by atoms with Gasteiger partial charge in [-0.15, -0.1) is 6.58 Å². The molecule has 0 aliphatic carbocycles. The van der Waals surface area contributed by atoms with Gasteiger partial charge in [-0.3, -0.25) is 19.3 Å². The second-order valence-electron chi connectivity index (χ2n) is 9.47. The number of ether oxygens (including phenoxy) is 2. The van der Waals surface area contributed by atoms with Crippen LogP contribution in [0.2, 0.25) is 0 Å². The van der Waals surface area contributed by atoms with Crippen LogP contribution in [0.3, 0.4) is 0 Å². The van der Waals surface area contributed by atoms with E-state index < -0.39 is 17.3 Å². The quantitative estimate of drug-likeness (QED) is 0.232. The van der Waals surface area contributed by atoms with Gasteiger partial charge < -0.3 is 14.4 Å². The molecule has 1 aliphatic heterocycles. The van der Waals surface area contributed by atoms with Crippen molar-refractivity contribution in [2.24, 2.45) is 0 Å². The Kier molecular flexibility index (Phi) is 8.29. The fraction of sp³-hybridized carbons (Fsp3) is 0.152. The van der Waals surface area contributed by atoms with Gasteiger partial charge in [-0.1, -0.05) is 79.4 Å². The average molecular weight is 552 g/mol. The highest BCUT2D eigenvalue weighted by molar-refractivity contribution is 5.96. The molecule has 0 bridgehead atoms. The van der Waals surface area contributed by atoms with Crippen molar-refractivity contribution < 1.29 is 18.7 Å². The van der Waals surface area contributed by atoms with E-state index >= 15 is 0 Å². The number of hydrogen-bond donors (Lipinski definition) is 0. The summed E-state index contributed by atoms with van der Waals surface area (Å²) in [7, 11) is 0. The summed E-state index contributed by atoms with van der Waals surface area (Å²) >= 11 is 0. The number of aromatic nitrogens is 1. The van der Waals surface area contributed by atoms with Crippen LogP contribution in [0, 0.1) is 5.82 Å². The Morgan fingerprint density at radius 1 is 0.902 bits per heavy atom. The molecule has 1 atom stereocenters. The molecule has 1 unspecified atom stereocenters. The molecule has 0 radical (unpaired) electrons. The largest absolute Gasteiger partial charge is 0.489 e. The summed E-state index contributed by atoms with van der Waals surface area (Å²) in [4.78, 5) is 28.5. The van der Waals surface area contributed by atoms with E-state index in [0.29, 0.717) is 11.3 Å². The molecule has 1 aliphatic rings. The zero-order valence-electron chi connectivity index (χ0n) is 22.5. The summed E-state index contributed by atoms with van der Waals surface area (Å²) in [5.74, 6) is -0.262. The second kappa shape index (κ2) is 12.4. The Morgan fingerprint density at radius 3 is 2.44 bits per heavy atom. The Labute approximate surface area is 238 Å². The maximum Gasteiger partial charge on any atom is 0.278 e. The van der Waals surface area contributed by atoms with E-state index in [1.54, 1.807) is 34.0 Å². The molecule has 0 saturated heterocycles. The molecule has 7 nitrogen and oxygen atoms in total. The lowest BCUT2D eigenvalue weighted by molar-refractivity contribution is 0.0698. The number of hydrogen-bond acceptors (Lipinski definition) is 5. The number of para-hydroxylation sites is 1. The number of carbonyl (C=O) groups excluding carboxylic acids is 1. The summed E-state index contributed by atoms with van der Waals surface area (Å²) in [6.45, 7) is 8.29. The molecule has 8 heteroatoms. The van der Waals surface area contributed by atoms with Crippen molar-refractivity contribution in [1.82, 2.24) is 9.58 Å². The Balaban J connectivity index is 1.69. The van der Waals surface area contributed by atoms with Crippen LogP contribution in [0.4, 0.5) is 4.39 Å². The van der Waals surface area contributed by atoms with Gasteiger partial charge in [-0.25, -0.2) is 4.39 Å². The number of nitrogens with zero attached hydrogens (tertiary/aromatic N) is 3. The third-order valence-corrected chi connectivity index (χ3v) is 6.73. The van der Waals surface area contributed by atoms with Gasteiger partial charge in [-0.05, 0) is 29.3 Å². The highest BCUT2D eigenvalue weighted by Gasteiger charge is 2.37. The number of fused-ring (bicyclic) bond motifs is 1. The minimum atomic E-state index is -0.615. The maximum absolute atomic E-state index is 14.6. The highest BCUT2D eigenvalue weighted by atomic mass is 19.1. The van der Waals surface area contributed by atoms with Crippen molar-refractivity contribution in [2.75, 3.05) is 24.8 Å². The van der Waals surface area contributed by atoms with E-state index in [9.17, 15) is 14.0 Å². The van der Waals surface area contributed by atoms with Crippen molar-refractivity contribution >= 4 is 5.91 Å². The third-order valence-electron chi connectivity index (χ3n) is 6.73. The summed E-state index contributed by atoms with van der Waals surface area (Å²) in [5.41, 5.74) is 1.88. The summed E-state index contributed by atoms with van der Waals surface area (Å²) in [6, 6.07) is 23.9. The molecule has 5 rings (SSSR count). The molecule has 0 saturated carbocycles. The van der Waals surface area contributed by atoms with Crippen LogP contribution in [-0.2, 0) is 6.61 Å². The molecular formula is C33H30FN3O4. The standard InChI is InChI=1S/C33H30FN3O4/c1-3-18-35-23-37(30(25-13-10-14-26(34)21-25)27-15-8-9-16-29(27)40-20-4-2)36-19-17-28(38)32(31(36)33(35)39)41-22-24-11-6-5-7-12-24/h3-17,19,21,30H,1-2,18,20,22-23H2. The lowest BCUT2D eigenvalue weighted by atomic mass is 9.96. The van der Waals surface area contributed by atoms with Gasteiger partial charge in [-0.2, -0.15) is 0 Å². The first kappa shape index (κ1) is 27.5. The number of amides is 1. The number of pyridine rings is 1. The smallest absolute Gasteiger partial charge is 0.278 e. The van der Waals surface area contributed by atoms with Crippen LogP contribution in [0.1, 0.15) is 33.2 Å². The van der Waals surface area contributed by atoms with Gasteiger partial charge in [0.15, 0.2) is 11.4 Å². The van der Waals surface area contributed by atoms with Crippen molar-refractivity contribution in [1.29, 1.82) is 0 Å². The van der Waals surface area contributed by atoms with E-state index in [1.807, 2.05) is 65.7 Å². The fourth-order valence-corrected chi connectivity index (χ4v) is 4.92. The third kappa shape index (κ3) is 5.77. The molecule has 208 valence electrons. The number of carbonyl (C=O) groups is 1. The van der Waals surface area contributed by atoms with Gasteiger partial charge in [0.2, 0.25) is 5.43 Å². The van der Waals surface area contributed by atoms with Gasteiger partial charge in [0.1, 0.15) is 37.5 Å². The summed E-state index contributed by atoms with van der Waals surface area (Å²) in [5, 5.41) is 1.89. The Morgan fingerprint density at radius 2 is 1.68 bits per heavy atom. The molecule has 0 spiro atoms. The van der Waals surface area contributed by atoms with Gasteiger partial charge in [0.05, 0.1) is 0 Å². The van der Waals surface area contributed by atoms with Crippen molar-refractivity contribution in [3.8, 4) is 11.5 Å². The monoisotopic (exact) mass is 551 g/mol. The minimum Gasteiger partial charge on any atom is -0.489 e. The molecule has 3 aromatic carbocycles. The topological polar surface area (TPSA) is 64.0 Å². The zero-order chi connectivity index (χ0) is 28.8. The first-order valence-corrected chi connectivity index (χ1v) is 13.2. The Hall–Kier alpha value is -5.11. The molecule has 1 amide bonds. The summed E-state index contributed by atoms with van der Waals surface area (Å²) < 4.78 is 28.3. The van der Waals surface area contributed by atoms with E-state index in [4.69, 9.17) is 9.47 Å². The number of rotatable bonds is 11.